The quantitative estimate of drug-likeness (QED) is 0.401. The average Bonchev–Trinajstić information content (AvgIpc) is 3.47. The smallest absolute Gasteiger partial charge is 0.0317 e. The molecule has 2 heteroatoms. The molecule has 0 aliphatic heterocycles. The predicted molar refractivity (Wildman–Crippen MR) is 129 cm³/mol. The highest BCUT2D eigenvalue weighted by atomic mass is 15.2. The van der Waals surface area contributed by atoms with Gasteiger partial charge in [0.05, 0.1) is 0 Å². The number of rotatable bonds is 4. The van der Waals surface area contributed by atoms with Crippen molar-refractivity contribution < 1.29 is 0 Å². The van der Waals surface area contributed by atoms with Gasteiger partial charge in [-0.2, -0.15) is 0 Å². The predicted octanol–water partition coefficient (Wildman–Crippen LogP) is 3.95. The van der Waals surface area contributed by atoms with Gasteiger partial charge in [-0.25, -0.2) is 0 Å². The number of hydrogen-bond donors (Lipinski definition) is 2. The molecule has 0 fully saturated rings. The standard InChI is InChI=1S/C29H26N2/c1-18-22(17-31-30)13-14-23(18)29-25-11-5-3-8-20(25)16-27(29)26-12-6-9-21-15-19-7-2-4-10-24(19)28(21)26/h2-14,16,18,27,31H,15,17,30H2,1H3. The normalized spacial score (nSPS) is 20.6. The van der Waals surface area contributed by atoms with E-state index < -0.39 is 0 Å². The summed E-state index contributed by atoms with van der Waals surface area (Å²) in [6.45, 7) is 3.02. The SMILES string of the molecule is CC1C(CNN)=CC=C1C1=c2ccccc2=CC1c1cccc2c1-c1ccccc1C2. The zero-order valence-electron chi connectivity index (χ0n) is 17.7. The fraction of sp³-hybridized carbons (Fsp3) is 0.172. The molecule has 3 aliphatic carbocycles. The van der Waals surface area contributed by atoms with Crippen molar-refractivity contribution in [1.82, 2.24) is 5.43 Å². The van der Waals surface area contributed by atoms with E-state index in [9.17, 15) is 0 Å². The van der Waals surface area contributed by atoms with E-state index in [1.165, 1.54) is 55.0 Å². The number of fused-ring (bicyclic) bond motifs is 4. The Kier molecular flexibility index (Phi) is 4.31. The van der Waals surface area contributed by atoms with Gasteiger partial charge in [-0.05, 0) is 61.4 Å². The number of nitrogens with one attached hydrogen (secondary N) is 1. The van der Waals surface area contributed by atoms with E-state index in [2.05, 4.69) is 97.3 Å². The van der Waals surface area contributed by atoms with Crippen molar-refractivity contribution in [3.8, 4) is 11.1 Å². The van der Waals surface area contributed by atoms with Crippen molar-refractivity contribution in [1.29, 1.82) is 0 Å². The average molecular weight is 403 g/mol. The van der Waals surface area contributed by atoms with Gasteiger partial charge in [-0.3, -0.25) is 11.3 Å². The number of hydrazine groups is 1. The number of hydrogen-bond acceptors (Lipinski definition) is 2. The first kappa shape index (κ1) is 18.6. The van der Waals surface area contributed by atoms with Crippen LogP contribution in [0.5, 0.6) is 0 Å². The van der Waals surface area contributed by atoms with Crippen LogP contribution in [0.25, 0.3) is 22.8 Å². The Morgan fingerprint density at radius 3 is 2.61 bits per heavy atom. The molecule has 152 valence electrons. The third kappa shape index (κ3) is 2.79. The minimum atomic E-state index is 0.255. The van der Waals surface area contributed by atoms with Crippen LogP contribution in [0.3, 0.4) is 0 Å². The first-order chi connectivity index (χ1) is 15.3. The number of nitrogens with two attached hydrogens (primary N) is 1. The van der Waals surface area contributed by atoms with Crippen molar-refractivity contribution in [2.45, 2.75) is 19.3 Å². The molecule has 0 amide bonds. The Balaban J connectivity index is 1.54. The summed E-state index contributed by atoms with van der Waals surface area (Å²) < 4.78 is 0. The van der Waals surface area contributed by atoms with Crippen molar-refractivity contribution in [3.63, 3.8) is 0 Å². The first-order valence-electron chi connectivity index (χ1n) is 11.1. The third-order valence-electron chi connectivity index (χ3n) is 7.21. The lowest BCUT2D eigenvalue weighted by atomic mass is 9.80. The van der Waals surface area contributed by atoms with Crippen LogP contribution in [-0.4, -0.2) is 6.54 Å². The van der Waals surface area contributed by atoms with Crippen LogP contribution < -0.4 is 21.7 Å². The molecule has 0 heterocycles. The Labute approximate surface area is 183 Å². The highest BCUT2D eigenvalue weighted by molar-refractivity contribution is 5.88. The molecule has 3 aromatic carbocycles. The summed E-state index contributed by atoms with van der Waals surface area (Å²) in [5.41, 5.74) is 14.2. The molecule has 2 unspecified atom stereocenters. The zero-order chi connectivity index (χ0) is 20.9. The minimum absolute atomic E-state index is 0.255. The summed E-state index contributed by atoms with van der Waals surface area (Å²) in [5.74, 6) is 6.26. The number of benzene rings is 3. The fourth-order valence-corrected chi connectivity index (χ4v) is 5.72. The fourth-order valence-electron chi connectivity index (χ4n) is 5.72. The largest absolute Gasteiger partial charge is 0.271 e. The summed E-state index contributed by atoms with van der Waals surface area (Å²) in [7, 11) is 0. The first-order valence-corrected chi connectivity index (χ1v) is 11.1. The molecule has 3 aliphatic rings. The molecule has 3 aromatic rings. The van der Waals surface area contributed by atoms with E-state index in [0.29, 0.717) is 5.92 Å². The zero-order valence-corrected chi connectivity index (χ0v) is 17.7. The molecule has 2 atom stereocenters. The van der Waals surface area contributed by atoms with Gasteiger partial charge in [0.15, 0.2) is 0 Å². The molecule has 0 bridgehead atoms. The second-order valence-electron chi connectivity index (χ2n) is 8.83. The van der Waals surface area contributed by atoms with Gasteiger partial charge in [-0.1, -0.05) is 91.9 Å². The van der Waals surface area contributed by atoms with Crippen LogP contribution in [-0.2, 0) is 6.42 Å². The van der Waals surface area contributed by atoms with Crippen molar-refractivity contribution in [2.75, 3.05) is 6.54 Å². The maximum absolute atomic E-state index is 5.64. The molecule has 0 aromatic heterocycles. The van der Waals surface area contributed by atoms with Gasteiger partial charge < -0.3 is 0 Å². The van der Waals surface area contributed by atoms with Crippen molar-refractivity contribution in [2.24, 2.45) is 11.8 Å². The maximum Gasteiger partial charge on any atom is 0.0317 e. The monoisotopic (exact) mass is 402 g/mol. The lowest BCUT2D eigenvalue weighted by molar-refractivity contribution is 0.718. The molecule has 2 nitrogen and oxygen atoms in total. The molecular weight excluding hydrogens is 376 g/mol. The lowest BCUT2D eigenvalue weighted by Gasteiger charge is -2.23. The molecule has 0 spiro atoms. The van der Waals surface area contributed by atoms with Crippen molar-refractivity contribution in [3.05, 3.63) is 117 Å². The minimum Gasteiger partial charge on any atom is -0.271 e. The number of allylic oxidation sites excluding steroid dienone is 3. The van der Waals surface area contributed by atoms with Crippen molar-refractivity contribution >= 4 is 11.6 Å². The second kappa shape index (κ2) is 7.19. The van der Waals surface area contributed by atoms with E-state index >= 15 is 0 Å². The van der Waals surface area contributed by atoms with Crippen LogP contribution in [0, 0.1) is 5.92 Å². The highest BCUT2D eigenvalue weighted by Crippen LogP contribution is 2.47. The van der Waals surface area contributed by atoms with Crippen LogP contribution in [0.1, 0.15) is 29.5 Å². The van der Waals surface area contributed by atoms with Gasteiger partial charge in [0, 0.05) is 18.4 Å². The highest BCUT2D eigenvalue weighted by Gasteiger charge is 2.32. The van der Waals surface area contributed by atoms with Gasteiger partial charge in [0.25, 0.3) is 0 Å². The summed E-state index contributed by atoms with van der Waals surface area (Å²) in [4.78, 5) is 0. The molecule has 0 saturated carbocycles. The third-order valence-corrected chi connectivity index (χ3v) is 7.21. The molecule has 3 N–H and O–H groups in total. The lowest BCUT2D eigenvalue weighted by Crippen LogP contribution is -2.27. The Morgan fingerprint density at radius 1 is 0.903 bits per heavy atom. The van der Waals surface area contributed by atoms with E-state index in [-0.39, 0.29) is 5.92 Å². The van der Waals surface area contributed by atoms with E-state index in [4.69, 9.17) is 5.84 Å². The van der Waals surface area contributed by atoms with E-state index in [1.54, 1.807) is 0 Å². The van der Waals surface area contributed by atoms with E-state index in [1.807, 2.05) is 0 Å². The Morgan fingerprint density at radius 2 is 1.71 bits per heavy atom. The van der Waals surface area contributed by atoms with Crippen LogP contribution in [0.15, 0.2) is 90.0 Å². The molecule has 6 rings (SSSR count). The topological polar surface area (TPSA) is 38.0 Å². The van der Waals surface area contributed by atoms with Gasteiger partial charge in [0.2, 0.25) is 0 Å². The molecular formula is C29H26N2. The van der Waals surface area contributed by atoms with Gasteiger partial charge in [-0.15, -0.1) is 0 Å². The summed E-state index contributed by atoms with van der Waals surface area (Å²) >= 11 is 0. The van der Waals surface area contributed by atoms with E-state index in [0.717, 1.165) is 13.0 Å². The second-order valence-corrected chi connectivity index (χ2v) is 8.83. The summed E-state index contributed by atoms with van der Waals surface area (Å²) in [6.07, 6.45) is 8.05. The summed E-state index contributed by atoms with van der Waals surface area (Å²) in [5, 5.41) is 2.70. The maximum atomic E-state index is 5.64. The van der Waals surface area contributed by atoms with Crippen LogP contribution in [0.4, 0.5) is 0 Å². The molecule has 0 radical (unpaired) electrons. The Bertz CT molecular complexity index is 1390. The van der Waals surface area contributed by atoms with Crippen LogP contribution in [0.2, 0.25) is 0 Å². The molecule has 31 heavy (non-hydrogen) atoms. The summed E-state index contributed by atoms with van der Waals surface area (Å²) in [6, 6.07) is 24.6. The van der Waals surface area contributed by atoms with Gasteiger partial charge in [0.1, 0.15) is 0 Å². The van der Waals surface area contributed by atoms with Gasteiger partial charge >= 0.3 is 0 Å². The molecule has 0 saturated heterocycles. The Hall–Kier alpha value is -3.20. The van der Waals surface area contributed by atoms with Crippen LogP contribution >= 0.6 is 0 Å².